The number of aliphatic carboxylic acids is 1. The number of carbonyl (C=O) groups excluding carboxylic acids is 1. The Hall–Kier alpha value is -3.61. The van der Waals surface area contributed by atoms with Crippen LogP contribution in [0.5, 0.6) is 5.75 Å². The summed E-state index contributed by atoms with van der Waals surface area (Å²) in [6.45, 7) is 2.80. The quantitative estimate of drug-likeness (QED) is 0.531. The van der Waals surface area contributed by atoms with Crippen LogP contribution in [0, 0.1) is 6.92 Å². The summed E-state index contributed by atoms with van der Waals surface area (Å²) < 4.78 is 7.36. The van der Waals surface area contributed by atoms with Gasteiger partial charge in [0, 0.05) is 18.7 Å². The van der Waals surface area contributed by atoms with Crippen molar-refractivity contribution in [3.05, 3.63) is 82.4 Å². The van der Waals surface area contributed by atoms with E-state index in [1.807, 2.05) is 41.8 Å². The minimum absolute atomic E-state index is 0.154. The smallest absolute Gasteiger partial charge is 0.326 e. The number of carboxylic acid groups (broad SMARTS) is 1. The van der Waals surface area contributed by atoms with Crippen LogP contribution in [0.2, 0.25) is 0 Å². The van der Waals surface area contributed by atoms with Gasteiger partial charge in [0.25, 0.3) is 0 Å². The average Bonchev–Trinajstić information content (AvgIpc) is 3.54. The third-order valence-electron chi connectivity index (χ3n) is 7.73. The molecule has 0 spiro atoms. The number of imidazole rings is 1. The summed E-state index contributed by atoms with van der Waals surface area (Å²) in [6.07, 6.45) is 6.98. The summed E-state index contributed by atoms with van der Waals surface area (Å²) in [5, 5.41) is 10.1. The van der Waals surface area contributed by atoms with Crippen molar-refractivity contribution in [2.45, 2.75) is 70.5 Å². The van der Waals surface area contributed by atoms with Gasteiger partial charge in [-0.1, -0.05) is 49.2 Å². The lowest BCUT2D eigenvalue weighted by molar-refractivity contribution is -0.151. The molecule has 1 aromatic heterocycles. The second-order valence-electron chi connectivity index (χ2n) is 10.0. The minimum atomic E-state index is -0.980. The van der Waals surface area contributed by atoms with Gasteiger partial charge in [-0.15, -0.1) is 0 Å². The fraction of sp³-hybridized carbons (Fsp3) is 0.414. The molecule has 188 valence electrons. The molecular formula is C29H33N3O4. The lowest BCUT2D eigenvalue weighted by Gasteiger charge is -2.33. The van der Waals surface area contributed by atoms with E-state index in [-0.39, 0.29) is 25.3 Å². The number of aromatic nitrogens is 2. The zero-order valence-electron chi connectivity index (χ0n) is 20.9. The summed E-state index contributed by atoms with van der Waals surface area (Å²) in [5.74, 6) is 0.195. The molecule has 1 aliphatic heterocycles. The standard InChI is InChI=1S/C29H33N3O4/c1-19-13-20(11-12-27(19)36-2)16-31-18-30-24-17-32(26(29(34)35)15-25(24)31)28(33)14-22-9-5-6-10-23(22)21-7-3-4-8-21/h5-6,9-13,18,21,26H,3-4,7-8,14-17H2,1-2H3,(H,34,35). The molecule has 1 atom stereocenters. The van der Waals surface area contributed by atoms with Crippen molar-refractivity contribution >= 4 is 11.9 Å². The number of carboxylic acids is 1. The van der Waals surface area contributed by atoms with E-state index in [1.165, 1.54) is 23.3 Å². The molecule has 0 bridgehead atoms. The molecule has 7 heteroatoms. The average molecular weight is 488 g/mol. The van der Waals surface area contributed by atoms with Gasteiger partial charge in [-0.25, -0.2) is 9.78 Å². The number of hydrogen-bond donors (Lipinski definition) is 1. The first-order valence-electron chi connectivity index (χ1n) is 12.7. The number of aryl methyl sites for hydroxylation is 1. The lowest BCUT2D eigenvalue weighted by Crippen LogP contribution is -2.49. The van der Waals surface area contributed by atoms with Crippen molar-refractivity contribution in [1.29, 1.82) is 0 Å². The Morgan fingerprint density at radius 1 is 1.14 bits per heavy atom. The van der Waals surface area contributed by atoms with Gasteiger partial charge in [0.05, 0.1) is 32.1 Å². The molecule has 1 N–H and O–H groups in total. The number of rotatable bonds is 7. The van der Waals surface area contributed by atoms with Gasteiger partial charge in [0.1, 0.15) is 11.8 Å². The van der Waals surface area contributed by atoms with Crippen LogP contribution in [0.3, 0.4) is 0 Å². The first kappa shape index (κ1) is 24.1. The van der Waals surface area contributed by atoms with E-state index in [9.17, 15) is 14.7 Å². The summed E-state index contributed by atoms with van der Waals surface area (Å²) in [4.78, 5) is 31.8. The molecule has 1 aliphatic carbocycles. The number of nitrogens with zero attached hydrogens (tertiary/aromatic N) is 3. The summed E-state index contributed by atoms with van der Waals surface area (Å²) in [7, 11) is 1.65. The number of methoxy groups -OCH3 is 1. The maximum atomic E-state index is 13.5. The van der Waals surface area contributed by atoms with Crippen molar-refractivity contribution in [2.75, 3.05) is 7.11 Å². The molecular weight excluding hydrogens is 454 g/mol. The monoisotopic (exact) mass is 487 g/mol. The van der Waals surface area contributed by atoms with Crippen LogP contribution in [0.15, 0.2) is 48.8 Å². The largest absolute Gasteiger partial charge is 0.496 e. The van der Waals surface area contributed by atoms with Gasteiger partial charge in [-0.2, -0.15) is 0 Å². The van der Waals surface area contributed by atoms with Crippen molar-refractivity contribution < 1.29 is 19.4 Å². The second kappa shape index (κ2) is 10.2. The van der Waals surface area contributed by atoms with Gasteiger partial charge in [0.15, 0.2) is 0 Å². The number of amides is 1. The molecule has 36 heavy (non-hydrogen) atoms. The molecule has 2 aliphatic rings. The first-order valence-corrected chi connectivity index (χ1v) is 12.7. The highest BCUT2D eigenvalue weighted by molar-refractivity contribution is 5.86. The third-order valence-corrected chi connectivity index (χ3v) is 7.73. The zero-order valence-corrected chi connectivity index (χ0v) is 20.9. The van der Waals surface area contributed by atoms with Crippen LogP contribution < -0.4 is 4.74 Å². The van der Waals surface area contributed by atoms with Gasteiger partial charge >= 0.3 is 5.97 Å². The SMILES string of the molecule is COc1ccc(Cn2cnc3c2CC(C(=O)O)N(C(=O)Cc2ccccc2C2CCCC2)C3)cc1C. The Balaban J connectivity index is 1.36. The number of carbonyl (C=O) groups is 2. The predicted octanol–water partition coefficient (Wildman–Crippen LogP) is 4.49. The Bertz CT molecular complexity index is 1280. The van der Waals surface area contributed by atoms with Crippen molar-refractivity contribution in [1.82, 2.24) is 14.5 Å². The van der Waals surface area contributed by atoms with Gasteiger partial charge in [0.2, 0.25) is 5.91 Å². The molecule has 3 aromatic rings. The van der Waals surface area contributed by atoms with Gasteiger partial charge < -0.3 is 19.3 Å². The van der Waals surface area contributed by atoms with Crippen molar-refractivity contribution in [3.8, 4) is 5.75 Å². The van der Waals surface area contributed by atoms with Crippen molar-refractivity contribution in [2.24, 2.45) is 0 Å². The Labute approximate surface area is 211 Å². The fourth-order valence-electron chi connectivity index (χ4n) is 5.83. The maximum absolute atomic E-state index is 13.5. The minimum Gasteiger partial charge on any atom is -0.496 e. The Morgan fingerprint density at radius 3 is 2.64 bits per heavy atom. The highest BCUT2D eigenvalue weighted by atomic mass is 16.5. The topological polar surface area (TPSA) is 84.7 Å². The van der Waals surface area contributed by atoms with E-state index in [1.54, 1.807) is 13.4 Å². The summed E-state index contributed by atoms with van der Waals surface area (Å²) >= 11 is 0. The Morgan fingerprint density at radius 2 is 1.92 bits per heavy atom. The summed E-state index contributed by atoms with van der Waals surface area (Å²) in [6, 6.07) is 13.3. The highest BCUT2D eigenvalue weighted by Crippen LogP contribution is 2.36. The molecule has 2 aromatic carbocycles. The van der Waals surface area contributed by atoms with E-state index >= 15 is 0 Å². The second-order valence-corrected chi connectivity index (χ2v) is 10.0. The van der Waals surface area contributed by atoms with E-state index in [0.29, 0.717) is 12.5 Å². The van der Waals surface area contributed by atoms with E-state index in [4.69, 9.17) is 4.74 Å². The van der Waals surface area contributed by atoms with Crippen LogP contribution in [-0.2, 0) is 35.5 Å². The normalized spacial score (nSPS) is 17.7. The molecule has 2 heterocycles. The van der Waals surface area contributed by atoms with Crippen LogP contribution in [0.4, 0.5) is 0 Å². The number of benzene rings is 2. The number of fused-ring (bicyclic) bond motifs is 1. The maximum Gasteiger partial charge on any atom is 0.326 e. The molecule has 1 fully saturated rings. The molecule has 0 radical (unpaired) electrons. The van der Waals surface area contributed by atoms with E-state index in [2.05, 4.69) is 17.1 Å². The van der Waals surface area contributed by atoms with Crippen molar-refractivity contribution in [3.63, 3.8) is 0 Å². The van der Waals surface area contributed by atoms with Crippen LogP contribution in [0.25, 0.3) is 0 Å². The molecule has 1 unspecified atom stereocenters. The van der Waals surface area contributed by atoms with E-state index in [0.717, 1.165) is 46.7 Å². The molecule has 0 saturated heterocycles. The fourth-order valence-corrected chi connectivity index (χ4v) is 5.83. The van der Waals surface area contributed by atoms with Crippen LogP contribution in [0.1, 0.15) is 65.2 Å². The number of hydrogen-bond acceptors (Lipinski definition) is 4. The molecule has 1 saturated carbocycles. The zero-order chi connectivity index (χ0) is 25.2. The van der Waals surface area contributed by atoms with E-state index < -0.39 is 12.0 Å². The number of ether oxygens (including phenoxy) is 1. The lowest BCUT2D eigenvalue weighted by atomic mass is 9.91. The Kier molecular flexibility index (Phi) is 6.81. The van der Waals surface area contributed by atoms with Crippen LogP contribution >= 0.6 is 0 Å². The summed E-state index contributed by atoms with van der Waals surface area (Å²) in [5.41, 5.74) is 6.04. The molecule has 7 nitrogen and oxygen atoms in total. The molecule has 5 rings (SSSR count). The van der Waals surface area contributed by atoms with Gasteiger partial charge in [-0.3, -0.25) is 4.79 Å². The molecule has 1 amide bonds. The predicted molar refractivity (Wildman–Crippen MR) is 136 cm³/mol. The highest BCUT2D eigenvalue weighted by Gasteiger charge is 2.37. The van der Waals surface area contributed by atoms with Gasteiger partial charge in [-0.05, 0) is 54.0 Å². The first-order chi connectivity index (χ1) is 17.4. The third kappa shape index (κ3) is 4.74. The van der Waals surface area contributed by atoms with Crippen LogP contribution in [-0.4, -0.2) is 44.6 Å².